The van der Waals surface area contributed by atoms with Gasteiger partial charge < -0.3 is 4.90 Å². The fraction of sp³-hybridized carbons (Fsp3) is 0.478. The van der Waals surface area contributed by atoms with Crippen LogP contribution in [0.5, 0.6) is 0 Å². The smallest absolute Gasteiger partial charge is 0.157 e. The topological polar surface area (TPSA) is 47.6 Å². The molecule has 0 aliphatic carbocycles. The normalized spacial score (nSPS) is 16.9. The van der Waals surface area contributed by atoms with E-state index in [9.17, 15) is 5.26 Å². The van der Waals surface area contributed by atoms with E-state index in [2.05, 4.69) is 48.2 Å². The second-order valence-corrected chi connectivity index (χ2v) is 9.14. The molecule has 1 aliphatic rings. The number of halogens is 2. The van der Waals surface area contributed by atoms with Crippen LogP contribution in [0, 0.1) is 18.3 Å². The Morgan fingerprint density at radius 1 is 1.27 bits per heavy atom. The number of anilines is 1. The first-order valence-corrected chi connectivity index (χ1v) is 11.3. The molecule has 1 fully saturated rings. The van der Waals surface area contributed by atoms with Crippen molar-refractivity contribution in [2.24, 2.45) is 0 Å². The molecule has 7 heteroatoms. The molecule has 1 aromatic carbocycles. The molecular formula is C23H27Cl2N5. The molecule has 0 amide bonds. The van der Waals surface area contributed by atoms with E-state index in [4.69, 9.17) is 28.2 Å². The van der Waals surface area contributed by atoms with Gasteiger partial charge in [0.25, 0.3) is 0 Å². The van der Waals surface area contributed by atoms with Crippen LogP contribution in [-0.2, 0) is 6.42 Å². The fourth-order valence-corrected chi connectivity index (χ4v) is 5.01. The molecule has 0 spiro atoms. The molecule has 30 heavy (non-hydrogen) atoms. The van der Waals surface area contributed by atoms with Gasteiger partial charge >= 0.3 is 0 Å². The Bertz CT molecular complexity index is 1160. The minimum atomic E-state index is 0.307. The van der Waals surface area contributed by atoms with Gasteiger partial charge in [0.05, 0.1) is 32.8 Å². The monoisotopic (exact) mass is 443 g/mol. The maximum absolute atomic E-state index is 10.0. The number of unbranched alkanes of at least 4 members (excludes halogenated alkanes) is 1. The quantitative estimate of drug-likeness (QED) is 0.499. The van der Waals surface area contributed by atoms with E-state index in [1.165, 1.54) is 5.56 Å². The predicted molar refractivity (Wildman–Crippen MR) is 125 cm³/mol. The van der Waals surface area contributed by atoms with Gasteiger partial charge in [-0.25, -0.2) is 4.98 Å². The third-order valence-corrected chi connectivity index (χ3v) is 6.93. The fourth-order valence-electron chi connectivity index (χ4n) is 4.70. The second kappa shape index (κ2) is 8.26. The van der Waals surface area contributed by atoms with Crippen molar-refractivity contribution < 1.29 is 0 Å². The maximum atomic E-state index is 10.0. The number of rotatable bonds is 5. The van der Waals surface area contributed by atoms with E-state index < -0.39 is 0 Å². The van der Waals surface area contributed by atoms with E-state index in [1.54, 1.807) is 6.07 Å². The number of imidazole rings is 1. The highest BCUT2D eigenvalue weighted by atomic mass is 35.5. The summed E-state index contributed by atoms with van der Waals surface area (Å²) in [5, 5.41) is 11.0. The molecule has 0 bridgehead atoms. The van der Waals surface area contributed by atoms with Crippen LogP contribution in [0.25, 0.3) is 16.7 Å². The van der Waals surface area contributed by atoms with Crippen molar-refractivity contribution in [2.45, 2.75) is 52.1 Å². The Morgan fingerprint density at radius 3 is 2.67 bits per heavy atom. The predicted octanol–water partition coefficient (Wildman–Crippen LogP) is 5.80. The van der Waals surface area contributed by atoms with Gasteiger partial charge in [-0.2, -0.15) is 5.26 Å². The van der Waals surface area contributed by atoms with Crippen molar-refractivity contribution in [2.75, 3.05) is 25.5 Å². The van der Waals surface area contributed by atoms with Crippen LogP contribution < -0.4 is 4.90 Å². The molecule has 4 rings (SSSR count). The zero-order valence-electron chi connectivity index (χ0n) is 18.0. The van der Waals surface area contributed by atoms with E-state index in [0.29, 0.717) is 27.4 Å². The molecule has 2 aromatic heterocycles. The van der Waals surface area contributed by atoms with Gasteiger partial charge in [0, 0.05) is 6.54 Å². The molecule has 5 nitrogen and oxygen atoms in total. The summed E-state index contributed by atoms with van der Waals surface area (Å²) >= 11 is 12.7. The number of nitriles is 1. The zero-order valence-corrected chi connectivity index (χ0v) is 19.5. The van der Waals surface area contributed by atoms with Crippen molar-refractivity contribution in [1.29, 1.82) is 5.26 Å². The van der Waals surface area contributed by atoms with Crippen molar-refractivity contribution in [3.05, 3.63) is 38.9 Å². The number of hydrogen-bond acceptors (Lipinski definition) is 4. The summed E-state index contributed by atoms with van der Waals surface area (Å²) in [5.74, 6) is 1.15. The highest BCUT2D eigenvalue weighted by molar-refractivity contribution is 6.42. The first kappa shape index (κ1) is 21.2. The third-order valence-electron chi connectivity index (χ3n) is 6.21. The van der Waals surface area contributed by atoms with Gasteiger partial charge in [0.15, 0.2) is 5.65 Å². The van der Waals surface area contributed by atoms with Gasteiger partial charge in [-0.3, -0.25) is 9.30 Å². The van der Waals surface area contributed by atoms with E-state index in [0.717, 1.165) is 61.1 Å². The molecule has 158 valence electrons. The average molecular weight is 444 g/mol. The summed E-state index contributed by atoms with van der Waals surface area (Å²) in [6.45, 7) is 5.24. The number of aromatic nitrogens is 2. The molecule has 3 aromatic rings. The molecule has 1 unspecified atom stereocenters. The summed E-state index contributed by atoms with van der Waals surface area (Å²) in [4.78, 5) is 9.59. The summed E-state index contributed by atoms with van der Waals surface area (Å²) in [6, 6.07) is 6.09. The Labute approximate surface area is 187 Å². The third kappa shape index (κ3) is 3.32. The number of nitrogens with zero attached hydrogens (tertiary/aromatic N) is 5. The van der Waals surface area contributed by atoms with Crippen molar-refractivity contribution in [3.63, 3.8) is 0 Å². The zero-order chi connectivity index (χ0) is 21.6. The van der Waals surface area contributed by atoms with Crippen LogP contribution in [-0.4, -0.2) is 41.1 Å². The highest BCUT2D eigenvalue weighted by Crippen LogP contribution is 2.39. The average Bonchev–Trinajstić information content (AvgIpc) is 3.32. The summed E-state index contributed by atoms with van der Waals surface area (Å²) < 4.78 is 2.15. The van der Waals surface area contributed by atoms with Crippen LogP contribution in [0.4, 0.5) is 5.82 Å². The Hall–Kier alpha value is -2.00. The van der Waals surface area contributed by atoms with Gasteiger partial charge in [-0.1, -0.05) is 36.5 Å². The molecule has 0 saturated carbocycles. The maximum Gasteiger partial charge on any atom is 0.157 e. The van der Waals surface area contributed by atoms with Gasteiger partial charge in [-0.05, 0) is 70.0 Å². The summed E-state index contributed by atoms with van der Waals surface area (Å²) in [6.07, 6.45) is 5.66. The lowest BCUT2D eigenvalue weighted by molar-refractivity contribution is 0.299. The Kier molecular flexibility index (Phi) is 5.85. The number of hydrogen-bond donors (Lipinski definition) is 0. The van der Waals surface area contributed by atoms with E-state index in [-0.39, 0.29) is 0 Å². The SMILES string of the molecule is CCCCc1c(C)c(C#N)c2nc3cc(Cl)c(Cl)cc3n2c1N1CCCC1N(C)C. The van der Waals surface area contributed by atoms with Gasteiger partial charge in [-0.15, -0.1) is 0 Å². The summed E-state index contributed by atoms with van der Waals surface area (Å²) in [5.41, 5.74) is 5.24. The first-order chi connectivity index (χ1) is 14.4. The van der Waals surface area contributed by atoms with E-state index in [1.807, 2.05) is 6.07 Å². The Balaban J connectivity index is 2.15. The minimum Gasteiger partial charge on any atom is -0.342 e. The largest absolute Gasteiger partial charge is 0.342 e. The van der Waals surface area contributed by atoms with Crippen LogP contribution in [0.15, 0.2) is 12.1 Å². The molecule has 1 aliphatic heterocycles. The van der Waals surface area contributed by atoms with Crippen molar-refractivity contribution in [3.8, 4) is 6.07 Å². The molecular weight excluding hydrogens is 417 g/mol. The summed E-state index contributed by atoms with van der Waals surface area (Å²) in [7, 11) is 4.26. The molecule has 1 saturated heterocycles. The Morgan fingerprint density at radius 2 is 2.00 bits per heavy atom. The van der Waals surface area contributed by atoms with Gasteiger partial charge in [0.1, 0.15) is 11.9 Å². The lowest BCUT2D eigenvalue weighted by Crippen LogP contribution is -2.42. The van der Waals surface area contributed by atoms with E-state index >= 15 is 0 Å². The molecule has 0 N–H and O–H groups in total. The molecule has 0 radical (unpaired) electrons. The lowest BCUT2D eigenvalue weighted by Gasteiger charge is -2.34. The first-order valence-electron chi connectivity index (χ1n) is 10.5. The lowest BCUT2D eigenvalue weighted by atomic mass is 9.99. The minimum absolute atomic E-state index is 0.307. The van der Waals surface area contributed by atoms with Crippen molar-refractivity contribution in [1.82, 2.24) is 14.3 Å². The molecule has 3 heterocycles. The second-order valence-electron chi connectivity index (χ2n) is 8.32. The molecule has 1 atom stereocenters. The van der Waals surface area contributed by atoms with Gasteiger partial charge in [0.2, 0.25) is 0 Å². The van der Waals surface area contributed by atoms with Crippen LogP contribution in [0.1, 0.15) is 49.3 Å². The number of pyridine rings is 1. The van der Waals surface area contributed by atoms with Crippen LogP contribution in [0.3, 0.4) is 0 Å². The highest BCUT2D eigenvalue weighted by Gasteiger charge is 2.32. The van der Waals surface area contributed by atoms with Crippen LogP contribution in [0.2, 0.25) is 10.0 Å². The van der Waals surface area contributed by atoms with Crippen LogP contribution >= 0.6 is 23.2 Å². The standard InChI is InChI=1S/C23H27Cl2N5/c1-5-6-8-15-14(2)16(13-26)22-27-19-11-17(24)18(25)12-20(19)30(22)23(15)29-10-7-9-21(29)28(3)4/h11-12,21H,5-10H2,1-4H3. The number of fused-ring (bicyclic) bond motifs is 3. The number of benzene rings is 1. The van der Waals surface area contributed by atoms with Crippen molar-refractivity contribution >= 4 is 45.7 Å².